The number of halogens is 1. The molecule has 0 atom stereocenters. The summed E-state index contributed by atoms with van der Waals surface area (Å²) in [5, 5.41) is 7.66. The van der Waals surface area contributed by atoms with Crippen LogP contribution >= 0.6 is 0 Å². The highest BCUT2D eigenvalue weighted by molar-refractivity contribution is 5.77. The molecule has 0 saturated carbocycles. The van der Waals surface area contributed by atoms with E-state index < -0.39 is 0 Å². The highest BCUT2D eigenvalue weighted by atomic mass is 19.1. The monoisotopic (exact) mass is 339 g/mol. The maximum absolute atomic E-state index is 14.3. The van der Waals surface area contributed by atoms with Crippen molar-refractivity contribution < 1.29 is 4.39 Å². The fourth-order valence-corrected chi connectivity index (χ4v) is 2.41. The molecule has 0 bridgehead atoms. The summed E-state index contributed by atoms with van der Waals surface area (Å²) in [5.41, 5.74) is 4.55. The highest BCUT2D eigenvalue weighted by Crippen LogP contribution is 2.31. The van der Waals surface area contributed by atoms with Gasteiger partial charge in [-0.15, -0.1) is 0 Å². The molecular weight excluding hydrogens is 313 g/mol. The van der Waals surface area contributed by atoms with Crippen LogP contribution in [0.5, 0.6) is 0 Å². The summed E-state index contributed by atoms with van der Waals surface area (Å²) in [6, 6.07) is 5.11. The van der Waals surface area contributed by atoms with E-state index in [1.54, 1.807) is 16.9 Å². The Morgan fingerprint density at radius 2 is 2.08 bits per heavy atom. The van der Waals surface area contributed by atoms with Crippen molar-refractivity contribution in [2.45, 2.75) is 34.1 Å². The van der Waals surface area contributed by atoms with E-state index in [0.717, 1.165) is 29.1 Å². The number of hydrogen-bond donors (Lipinski definition) is 1. The van der Waals surface area contributed by atoms with Crippen LogP contribution in [0.2, 0.25) is 0 Å². The maximum Gasteiger partial charge on any atom is 0.136 e. The van der Waals surface area contributed by atoms with E-state index in [-0.39, 0.29) is 5.82 Å². The fourth-order valence-electron chi connectivity index (χ4n) is 2.41. The molecule has 1 heterocycles. The number of allylic oxidation sites excluding steroid dienone is 5. The third-order valence-corrected chi connectivity index (χ3v) is 4.14. The zero-order valence-corrected chi connectivity index (χ0v) is 15.6. The van der Waals surface area contributed by atoms with Gasteiger partial charge < -0.3 is 5.32 Å². The molecule has 0 unspecified atom stereocenters. The molecule has 0 aliphatic heterocycles. The maximum atomic E-state index is 14.3. The summed E-state index contributed by atoms with van der Waals surface area (Å²) in [6.45, 7) is 8.15. The quantitative estimate of drug-likeness (QED) is 0.678. The molecule has 0 fully saturated rings. The van der Waals surface area contributed by atoms with Gasteiger partial charge >= 0.3 is 0 Å². The molecule has 0 amide bonds. The van der Waals surface area contributed by atoms with Gasteiger partial charge in [-0.2, -0.15) is 5.10 Å². The highest BCUT2D eigenvalue weighted by Gasteiger charge is 2.14. The molecule has 0 saturated heterocycles. The zero-order valence-electron chi connectivity index (χ0n) is 15.6. The standard InChI is InChI=1S/C21H26FN3/c1-6-15(3)9-8-10-17(7-2)24-21-19(14-23-25(21)5)18-13-16(4)11-12-20(18)22/h7-14,24H,6H2,1-5H3/b10-8-,15-9+,17-7+. The van der Waals surface area contributed by atoms with Crippen LogP contribution in [0.1, 0.15) is 32.8 Å². The SMILES string of the molecule is C\C=C(/C=C\C=C(/C)CC)Nc1c(-c2cc(C)ccc2F)cnn1C. The second-order valence-corrected chi connectivity index (χ2v) is 6.11. The van der Waals surface area contributed by atoms with Gasteiger partial charge in [0.05, 0.1) is 6.20 Å². The third-order valence-electron chi connectivity index (χ3n) is 4.14. The Kier molecular flexibility index (Phi) is 6.34. The molecule has 1 N–H and O–H groups in total. The van der Waals surface area contributed by atoms with E-state index in [1.807, 2.05) is 45.2 Å². The van der Waals surface area contributed by atoms with Gasteiger partial charge in [-0.3, -0.25) is 4.68 Å². The van der Waals surface area contributed by atoms with Gasteiger partial charge in [0.25, 0.3) is 0 Å². The summed E-state index contributed by atoms with van der Waals surface area (Å²) < 4.78 is 16.0. The van der Waals surface area contributed by atoms with Gasteiger partial charge in [0.15, 0.2) is 0 Å². The van der Waals surface area contributed by atoms with Gasteiger partial charge in [-0.25, -0.2) is 4.39 Å². The zero-order chi connectivity index (χ0) is 18.4. The Morgan fingerprint density at radius 3 is 2.76 bits per heavy atom. The first-order valence-corrected chi connectivity index (χ1v) is 8.52. The Hall–Kier alpha value is -2.62. The van der Waals surface area contributed by atoms with Crippen LogP contribution in [0.4, 0.5) is 10.2 Å². The molecule has 2 aromatic rings. The minimum absolute atomic E-state index is 0.249. The average Bonchev–Trinajstić information content (AvgIpc) is 2.96. The van der Waals surface area contributed by atoms with E-state index >= 15 is 0 Å². The minimum Gasteiger partial charge on any atom is -0.340 e. The lowest BCUT2D eigenvalue weighted by atomic mass is 10.1. The van der Waals surface area contributed by atoms with Crippen molar-refractivity contribution in [1.29, 1.82) is 0 Å². The smallest absolute Gasteiger partial charge is 0.136 e. The first-order valence-electron chi connectivity index (χ1n) is 8.52. The Balaban J connectivity index is 2.34. The number of nitrogens with one attached hydrogen (secondary N) is 1. The van der Waals surface area contributed by atoms with Crippen molar-refractivity contribution >= 4 is 5.82 Å². The number of anilines is 1. The normalized spacial score (nSPS) is 12.9. The van der Waals surface area contributed by atoms with E-state index in [1.165, 1.54) is 11.6 Å². The van der Waals surface area contributed by atoms with E-state index in [9.17, 15) is 4.39 Å². The average molecular weight is 339 g/mol. The summed E-state index contributed by atoms with van der Waals surface area (Å²) in [5.74, 6) is 0.513. The fraction of sp³-hybridized carbons (Fsp3) is 0.286. The van der Waals surface area contributed by atoms with Gasteiger partial charge in [0, 0.05) is 23.9 Å². The van der Waals surface area contributed by atoms with Crippen LogP contribution in [0.15, 0.2) is 60.0 Å². The van der Waals surface area contributed by atoms with Crippen LogP contribution in [0.3, 0.4) is 0 Å². The van der Waals surface area contributed by atoms with Crippen molar-refractivity contribution in [3.05, 3.63) is 71.4 Å². The number of aromatic nitrogens is 2. The van der Waals surface area contributed by atoms with Crippen LogP contribution in [0.25, 0.3) is 11.1 Å². The van der Waals surface area contributed by atoms with E-state index in [4.69, 9.17) is 0 Å². The lowest BCUT2D eigenvalue weighted by molar-refractivity contribution is 0.631. The molecule has 0 radical (unpaired) electrons. The first-order chi connectivity index (χ1) is 12.0. The van der Waals surface area contributed by atoms with Crippen LogP contribution < -0.4 is 5.32 Å². The predicted octanol–water partition coefficient (Wildman–Crippen LogP) is 5.76. The second kappa shape index (κ2) is 8.47. The van der Waals surface area contributed by atoms with Crippen LogP contribution in [0, 0.1) is 12.7 Å². The molecule has 4 heteroatoms. The predicted molar refractivity (Wildman–Crippen MR) is 104 cm³/mol. The largest absolute Gasteiger partial charge is 0.340 e. The van der Waals surface area contributed by atoms with Crippen molar-refractivity contribution in [2.75, 3.05) is 5.32 Å². The molecule has 2 rings (SSSR count). The van der Waals surface area contributed by atoms with Gasteiger partial charge in [0.1, 0.15) is 11.6 Å². The molecular formula is C21H26FN3. The van der Waals surface area contributed by atoms with Crippen LogP contribution in [-0.2, 0) is 7.05 Å². The van der Waals surface area contributed by atoms with Crippen molar-refractivity contribution in [3.63, 3.8) is 0 Å². The summed E-state index contributed by atoms with van der Waals surface area (Å²) in [4.78, 5) is 0. The van der Waals surface area contributed by atoms with Gasteiger partial charge in [0.2, 0.25) is 0 Å². The van der Waals surface area contributed by atoms with Gasteiger partial charge in [-0.1, -0.05) is 42.4 Å². The molecule has 132 valence electrons. The minimum atomic E-state index is -0.249. The lowest BCUT2D eigenvalue weighted by Gasteiger charge is -2.11. The molecule has 1 aromatic heterocycles. The third kappa shape index (κ3) is 4.69. The molecule has 25 heavy (non-hydrogen) atoms. The van der Waals surface area contributed by atoms with Crippen molar-refractivity contribution in [1.82, 2.24) is 9.78 Å². The lowest BCUT2D eigenvalue weighted by Crippen LogP contribution is -2.04. The summed E-state index contributed by atoms with van der Waals surface area (Å²) >= 11 is 0. The Labute approximate surface area is 149 Å². The Bertz CT molecular complexity index is 826. The molecule has 0 spiro atoms. The Morgan fingerprint density at radius 1 is 1.32 bits per heavy atom. The molecule has 0 aliphatic carbocycles. The molecule has 0 aliphatic rings. The number of hydrogen-bond acceptors (Lipinski definition) is 2. The van der Waals surface area contributed by atoms with Crippen molar-refractivity contribution in [3.8, 4) is 11.1 Å². The summed E-state index contributed by atoms with van der Waals surface area (Å²) in [6.07, 6.45) is 10.8. The summed E-state index contributed by atoms with van der Waals surface area (Å²) in [7, 11) is 1.84. The number of nitrogens with zero attached hydrogens (tertiary/aromatic N) is 2. The molecule has 1 aromatic carbocycles. The number of benzene rings is 1. The van der Waals surface area contributed by atoms with E-state index in [2.05, 4.69) is 30.3 Å². The van der Waals surface area contributed by atoms with Crippen LogP contribution in [-0.4, -0.2) is 9.78 Å². The second-order valence-electron chi connectivity index (χ2n) is 6.11. The topological polar surface area (TPSA) is 29.9 Å². The number of aryl methyl sites for hydroxylation is 2. The van der Waals surface area contributed by atoms with Crippen molar-refractivity contribution in [2.24, 2.45) is 7.05 Å². The van der Waals surface area contributed by atoms with E-state index in [0.29, 0.717) is 5.56 Å². The molecule has 3 nitrogen and oxygen atoms in total. The first kappa shape index (κ1) is 18.7. The number of rotatable bonds is 6. The van der Waals surface area contributed by atoms with Gasteiger partial charge in [-0.05, 0) is 45.4 Å².